The minimum atomic E-state index is -0.425. The second-order valence-corrected chi connectivity index (χ2v) is 4.12. The van der Waals surface area contributed by atoms with Crippen molar-refractivity contribution in [2.24, 2.45) is 0 Å². The van der Waals surface area contributed by atoms with Crippen LogP contribution < -0.4 is 5.32 Å². The van der Waals surface area contributed by atoms with E-state index in [0.717, 1.165) is 31.8 Å². The van der Waals surface area contributed by atoms with Gasteiger partial charge in [0.2, 0.25) is 5.89 Å². The summed E-state index contributed by atoms with van der Waals surface area (Å²) in [5.41, 5.74) is 0. The standard InChI is InChI=1S/C10H17N3O2/c1-7(14)6-9-12-10(13-15-9)8-2-4-11-5-3-8/h7-8,11,14H,2-6H2,1H3. The number of aromatic nitrogens is 2. The summed E-state index contributed by atoms with van der Waals surface area (Å²) < 4.78 is 5.09. The molecule has 1 aliphatic rings. The third-order valence-corrected chi connectivity index (χ3v) is 2.66. The van der Waals surface area contributed by atoms with E-state index >= 15 is 0 Å². The summed E-state index contributed by atoms with van der Waals surface area (Å²) in [6, 6.07) is 0. The van der Waals surface area contributed by atoms with Crippen LogP contribution in [0.1, 0.15) is 37.4 Å². The van der Waals surface area contributed by atoms with Crippen LogP contribution in [0.5, 0.6) is 0 Å². The van der Waals surface area contributed by atoms with Crippen LogP contribution in [0.25, 0.3) is 0 Å². The van der Waals surface area contributed by atoms with Crippen molar-refractivity contribution in [1.82, 2.24) is 15.5 Å². The van der Waals surface area contributed by atoms with Crippen LogP contribution in [0.3, 0.4) is 0 Å². The molecule has 1 unspecified atom stereocenters. The van der Waals surface area contributed by atoms with Gasteiger partial charge in [0.1, 0.15) is 0 Å². The van der Waals surface area contributed by atoms with Gasteiger partial charge >= 0.3 is 0 Å². The van der Waals surface area contributed by atoms with Crippen LogP contribution >= 0.6 is 0 Å². The van der Waals surface area contributed by atoms with Crippen LogP contribution in [0.2, 0.25) is 0 Å². The average Bonchev–Trinajstić information content (AvgIpc) is 2.67. The van der Waals surface area contributed by atoms with E-state index in [1.165, 1.54) is 0 Å². The minimum Gasteiger partial charge on any atom is -0.393 e. The Bertz CT molecular complexity index is 305. The van der Waals surface area contributed by atoms with Gasteiger partial charge in [0.15, 0.2) is 5.82 Å². The first-order chi connectivity index (χ1) is 7.25. The van der Waals surface area contributed by atoms with Gasteiger partial charge in [-0.3, -0.25) is 0 Å². The lowest BCUT2D eigenvalue weighted by Gasteiger charge is -2.18. The first-order valence-electron chi connectivity index (χ1n) is 5.47. The predicted molar refractivity (Wildman–Crippen MR) is 54.5 cm³/mol. The summed E-state index contributed by atoms with van der Waals surface area (Å²) in [6.45, 7) is 3.75. The Morgan fingerprint density at radius 3 is 2.93 bits per heavy atom. The maximum atomic E-state index is 9.19. The quantitative estimate of drug-likeness (QED) is 0.760. The topological polar surface area (TPSA) is 71.2 Å². The number of rotatable bonds is 3. The van der Waals surface area contributed by atoms with Gasteiger partial charge < -0.3 is 14.9 Å². The Kier molecular flexibility index (Phi) is 3.33. The van der Waals surface area contributed by atoms with E-state index in [9.17, 15) is 5.11 Å². The molecule has 0 spiro atoms. The number of hydrogen-bond donors (Lipinski definition) is 2. The zero-order chi connectivity index (χ0) is 10.7. The average molecular weight is 211 g/mol. The third kappa shape index (κ3) is 2.76. The van der Waals surface area contributed by atoms with Gasteiger partial charge in [-0.25, -0.2) is 0 Å². The van der Waals surface area contributed by atoms with Crippen LogP contribution in [-0.4, -0.2) is 34.4 Å². The Labute approximate surface area is 88.9 Å². The summed E-state index contributed by atoms with van der Waals surface area (Å²) in [7, 11) is 0. The molecule has 2 rings (SSSR count). The molecule has 5 nitrogen and oxygen atoms in total. The predicted octanol–water partition coefficient (Wildman–Crippen LogP) is 0.460. The molecule has 0 aromatic carbocycles. The third-order valence-electron chi connectivity index (χ3n) is 2.66. The molecule has 1 aromatic rings. The van der Waals surface area contributed by atoms with E-state index in [0.29, 0.717) is 18.2 Å². The molecule has 0 bridgehead atoms. The zero-order valence-electron chi connectivity index (χ0n) is 8.94. The highest BCUT2D eigenvalue weighted by atomic mass is 16.5. The van der Waals surface area contributed by atoms with Gasteiger partial charge in [0.05, 0.1) is 12.5 Å². The first kappa shape index (κ1) is 10.6. The molecule has 2 heterocycles. The van der Waals surface area contributed by atoms with Gasteiger partial charge in [-0.15, -0.1) is 0 Å². The Morgan fingerprint density at radius 1 is 1.53 bits per heavy atom. The highest BCUT2D eigenvalue weighted by molar-refractivity contribution is 4.98. The van der Waals surface area contributed by atoms with Crippen molar-refractivity contribution in [3.05, 3.63) is 11.7 Å². The van der Waals surface area contributed by atoms with Gasteiger partial charge in [0.25, 0.3) is 0 Å². The molecule has 1 atom stereocenters. The number of nitrogens with one attached hydrogen (secondary N) is 1. The summed E-state index contributed by atoms with van der Waals surface area (Å²) >= 11 is 0. The molecule has 5 heteroatoms. The SMILES string of the molecule is CC(O)Cc1nc(C2CCNCC2)no1. The van der Waals surface area contributed by atoms with Crippen LogP contribution in [0.4, 0.5) is 0 Å². The normalized spacial score (nSPS) is 20.4. The maximum absolute atomic E-state index is 9.19. The van der Waals surface area contributed by atoms with E-state index in [2.05, 4.69) is 15.5 Å². The molecule has 0 amide bonds. The molecule has 15 heavy (non-hydrogen) atoms. The van der Waals surface area contributed by atoms with Gasteiger partial charge in [-0.1, -0.05) is 5.16 Å². The smallest absolute Gasteiger partial charge is 0.229 e. The van der Waals surface area contributed by atoms with Gasteiger partial charge in [0, 0.05) is 5.92 Å². The summed E-state index contributed by atoms with van der Waals surface area (Å²) in [5, 5.41) is 16.5. The van der Waals surface area contributed by atoms with E-state index in [4.69, 9.17) is 4.52 Å². The molecular formula is C10H17N3O2. The van der Waals surface area contributed by atoms with E-state index in [1.54, 1.807) is 6.92 Å². The largest absolute Gasteiger partial charge is 0.393 e. The lowest BCUT2D eigenvalue weighted by Crippen LogP contribution is -2.27. The van der Waals surface area contributed by atoms with E-state index in [-0.39, 0.29) is 0 Å². The number of hydrogen-bond acceptors (Lipinski definition) is 5. The molecule has 1 aliphatic heterocycles. The first-order valence-corrected chi connectivity index (χ1v) is 5.47. The molecule has 2 N–H and O–H groups in total. The fourth-order valence-corrected chi connectivity index (χ4v) is 1.85. The van der Waals surface area contributed by atoms with Crippen molar-refractivity contribution in [2.45, 2.75) is 38.2 Å². The lowest BCUT2D eigenvalue weighted by atomic mass is 9.98. The molecule has 84 valence electrons. The summed E-state index contributed by atoms with van der Waals surface area (Å²) in [6.07, 6.45) is 2.14. The summed E-state index contributed by atoms with van der Waals surface area (Å²) in [5.74, 6) is 1.75. The molecule has 0 aliphatic carbocycles. The van der Waals surface area contributed by atoms with E-state index in [1.807, 2.05) is 0 Å². The fraction of sp³-hybridized carbons (Fsp3) is 0.800. The number of aliphatic hydroxyl groups is 1. The summed E-state index contributed by atoms with van der Waals surface area (Å²) in [4.78, 5) is 4.31. The fourth-order valence-electron chi connectivity index (χ4n) is 1.85. The van der Waals surface area contributed by atoms with Crippen LogP contribution in [0.15, 0.2) is 4.52 Å². The van der Waals surface area contributed by atoms with Crippen LogP contribution in [0, 0.1) is 0 Å². The van der Waals surface area contributed by atoms with Crippen molar-refractivity contribution in [3.8, 4) is 0 Å². The lowest BCUT2D eigenvalue weighted by molar-refractivity contribution is 0.181. The molecule has 1 fully saturated rings. The Balaban J connectivity index is 1.99. The maximum Gasteiger partial charge on any atom is 0.229 e. The Hall–Kier alpha value is -0.940. The molecule has 1 aromatic heterocycles. The van der Waals surface area contributed by atoms with Crippen molar-refractivity contribution in [3.63, 3.8) is 0 Å². The van der Waals surface area contributed by atoms with Crippen molar-refractivity contribution < 1.29 is 9.63 Å². The monoisotopic (exact) mass is 211 g/mol. The molecule has 1 saturated heterocycles. The highest BCUT2D eigenvalue weighted by Crippen LogP contribution is 2.22. The van der Waals surface area contributed by atoms with Crippen molar-refractivity contribution in [1.29, 1.82) is 0 Å². The number of piperidine rings is 1. The number of nitrogens with zero attached hydrogens (tertiary/aromatic N) is 2. The van der Waals surface area contributed by atoms with Gasteiger partial charge in [-0.05, 0) is 32.9 Å². The van der Waals surface area contributed by atoms with Gasteiger partial charge in [-0.2, -0.15) is 4.98 Å². The molecule has 0 radical (unpaired) electrons. The molecule has 0 saturated carbocycles. The highest BCUT2D eigenvalue weighted by Gasteiger charge is 2.20. The second kappa shape index (κ2) is 4.72. The minimum absolute atomic E-state index is 0.415. The van der Waals surface area contributed by atoms with E-state index < -0.39 is 6.10 Å². The zero-order valence-corrected chi connectivity index (χ0v) is 8.94. The van der Waals surface area contributed by atoms with Crippen molar-refractivity contribution >= 4 is 0 Å². The Morgan fingerprint density at radius 2 is 2.27 bits per heavy atom. The van der Waals surface area contributed by atoms with Crippen LogP contribution in [-0.2, 0) is 6.42 Å². The second-order valence-electron chi connectivity index (χ2n) is 4.12. The molecular weight excluding hydrogens is 194 g/mol. The van der Waals surface area contributed by atoms with Crippen molar-refractivity contribution in [2.75, 3.05) is 13.1 Å². The number of aliphatic hydroxyl groups excluding tert-OH is 1.